The van der Waals surface area contributed by atoms with E-state index in [0.717, 1.165) is 13.0 Å². The average molecular weight is 520 g/mol. The fraction of sp³-hybridized carbons (Fsp3) is 0.360. The molecular formula is C25H28F3N5O4. The molecule has 0 spiro atoms. The molecule has 37 heavy (non-hydrogen) atoms. The van der Waals surface area contributed by atoms with Crippen LogP contribution in [0.4, 0.5) is 23.8 Å². The molecule has 0 bridgehead atoms. The Morgan fingerprint density at radius 3 is 2.68 bits per heavy atom. The number of halogens is 3. The van der Waals surface area contributed by atoms with Crippen molar-refractivity contribution in [3.8, 4) is 17.3 Å². The number of rotatable bonds is 9. The molecule has 1 aromatic heterocycles. The Bertz CT molecular complexity index is 1210. The zero-order valence-electron chi connectivity index (χ0n) is 20.4. The zero-order chi connectivity index (χ0) is 26.4. The standard InChI is InChI=1S/C25H28F3N5O4/c1-16-22(33(19-6-4-3-5-7-19)32-23(16)36-20-10-11-29-14-20)31-24(34)30-13-18-12-17(15-35-2)8-9-21(18)37-25(26,27)28/h3-9,12,20,29H,10-11,13-15H2,1-2H3,(H2,30,31,34)/t20-/m0/s1. The van der Waals surface area contributed by atoms with Gasteiger partial charge in [0.15, 0.2) is 0 Å². The van der Waals surface area contributed by atoms with Crippen molar-refractivity contribution in [2.75, 3.05) is 25.5 Å². The van der Waals surface area contributed by atoms with Crippen LogP contribution < -0.4 is 25.4 Å². The van der Waals surface area contributed by atoms with Crippen molar-refractivity contribution in [2.24, 2.45) is 0 Å². The molecule has 0 aliphatic carbocycles. The molecule has 4 rings (SSSR count). The number of anilines is 1. The highest BCUT2D eigenvalue weighted by Crippen LogP contribution is 2.30. The fourth-order valence-electron chi connectivity index (χ4n) is 3.96. The maximum Gasteiger partial charge on any atom is 0.573 e. The minimum absolute atomic E-state index is 0.0362. The molecule has 3 N–H and O–H groups in total. The summed E-state index contributed by atoms with van der Waals surface area (Å²) in [6, 6.07) is 12.7. The van der Waals surface area contributed by atoms with Gasteiger partial charge in [-0.15, -0.1) is 18.3 Å². The molecule has 1 atom stereocenters. The van der Waals surface area contributed by atoms with Crippen LogP contribution in [0.1, 0.15) is 23.1 Å². The van der Waals surface area contributed by atoms with Crippen LogP contribution in [-0.2, 0) is 17.9 Å². The van der Waals surface area contributed by atoms with Crippen molar-refractivity contribution in [2.45, 2.75) is 39.0 Å². The lowest BCUT2D eigenvalue weighted by atomic mass is 10.1. The van der Waals surface area contributed by atoms with Gasteiger partial charge in [-0.1, -0.05) is 24.3 Å². The number of amides is 2. The number of benzene rings is 2. The second kappa shape index (κ2) is 11.5. The Balaban J connectivity index is 1.53. The second-order valence-electron chi connectivity index (χ2n) is 8.49. The number of para-hydroxylation sites is 1. The summed E-state index contributed by atoms with van der Waals surface area (Å²) in [4.78, 5) is 12.9. The quantitative estimate of drug-likeness (QED) is 0.390. The summed E-state index contributed by atoms with van der Waals surface area (Å²) in [7, 11) is 1.48. The van der Waals surface area contributed by atoms with E-state index in [0.29, 0.717) is 35.1 Å². The van der Waals surface area contributed by atoms with Crippen molar-refractivity contribution in [3.05, 3.63) is 65.2 Å². The molecule has 0 radical (unpaired) electrons. The molecule has 12 heteroatoms. The van der Waals surface area contributed by atoms with Crippen molar-refractivity contribution in [3.63, 3.8) is 0 Å². The summed E-state index contributed by atoms with van der Waals surface area (Å²) in [5.74, 6) is 0.365. The molecule has 3 aromatic rings. The number of nitrogens with zero attached hydrogens (tertiary/aromatic N) is 2. The number of carbonyl (C=O) groups excluding carboxylic acids is 1. The van der Waals surface area contributed by atoms with E-state index in [-0.39, 0.29) is 24.8 Å². The van der Waals surface area contributed by atoms with E-state index in [2.05, 4.69) is 25.8 Å². The molecule has 0 saturated carbocycles. The SMILES string of the molecule is COCc1ccc(OC(F)(F)F)c(CNC(=O)Nc2c(C)c(O[C@H]3CCNC3)nn2-c2ccccc2)c1. The number of hydrogen-bond donors (Lipinski definition) is 3. The number of alkyl halides is 3. The van der Waals surface area contributed by atoms with E-state index in [9.17, 15) is 18.0 Å². The smallest absolute Gasteiger partial charge is 0.472 e. The van der Waals surface area contributed by atoms with Crippen molar-refractivity contribution in [1.82, 2.24) is 20.4 Å². The molecule has 2 amide bonds. The number of ether oxygens (including phenoxy) is 3. The summed E-state index contributed by atoms with van der Waals surface area (Å²) in [5, 5.41) is 13.2. The molecule has 198 valence electrons. The highest BCUT2D eigenvalue weighted by atomic mass is 19.4. The lowest BCUT2D eigenvalue weighted by Gasteiger charge is -2.16. The second-order valence-corrected chi connectivity index (χ2v) is 8.49. The van der Waals surface area contributed by atoms with Crippen molar-refractivity contribution < 1.29 is 32.2 Å². The number of urea groups is 1. The third-order valence-electron chi connectivity index (χ3n) is 5.71. The van der Waals surface area contributed by atoms with Gasteiger partial charge in [0.25, 0.3) is 0 Å². The van der Waals surface area contributed by atoms with Gasteiger partial charge < -0.3 is 24.8 Å². The van der Waals surface area contributed by atoms with Crippen LogP contribution in [0.5, 0.6) is 11.6 Å². The van der Waals surface area contributed by atoms with Gasteiger partial charge in [0.05, 0.1) is 17.9 Å². The van der Waals surface area contributed by atoms with Gasteiger partial charge in [0.1, 0.15) is 17.7 Å². The van der Waals surface area contributed by atoms with E-state index in [1.807, 2.05) is 30.3 Å². The van der Waals surface area contributed by atoms with Crippen LogP contribution in [0.3, 0.4) is 0 Å². The van der Waals surface area contributed by atoms with E-state index in [4.69, 9.17) is 9.47 Å². The summed E-state index contributed by atoms with van der Waals surface area (Å²) in [5.41, 5.74) is 2.10. The third-order valence-corrected chi connectivity index (χ3v) is 5.71. The molecule has 1 fully saturated rings. The van der Waals surface area contributed by atoms with Gasteiger partial charge in [-0.2, -0.15) is 0 Å². The van der Waals surface area contributed by atoms with Crippen LogP contribution in [0.15, 0.2) is 48.5 Å². The number of nitrogens with one attached hydrogen (secondary N) is 3. The third kappa shape index (κ3) is 6.92. The zero-order valence-corrected chi connectivity index (χ0v) is 20.4. The Labute approximate surface area is 211 Å². The van der Waals surface area contributed by atoms with E-state index >= 15 is 0 Å². The minimum Gasteiger partial charge on any atom is -0.472 e. The Morgan fingerprint density at radius 2 is 2.00 bits per heavy atom. The predicted octanol–water partition coefficient (Wildman–Crippen LogP) is 4.29. The molecule has 1 aliphatic rings. The lowest BCUT2D eigenvalue weighted by Crippen LogP contribution is -2.30. The number of methoxy groups -OCH3 is 1. The molecule has 1 aliphatic heterocycles. The fourth-order valence-corrected chi connectivity index (χ4v) is 3.96. The van der Waals surface area contributed by atoms with E-state index in [1.54, 1.807) is 11.6 Å². The van der Waals surface area contributed by atoms with Crippen molar-refractivity contribution in [1.29, 1.82) is 0 Å². The monoisotopic (exact) mass is 519 g/mol. The van der Waals surface area contributed by atoms with E-state index in [1.165, 1.54) is 25.3 Å². The van der Waals surface area contributed by atoms with Gasteiger partial charge >= 0.3 is 12.4 Å². The normalized spacial score (nSPS) is 15.4. The molecule has 9 nitrogen and oxygen atoms in total. The maximum absolute atomic E-state index is 12.9. The van der Waals surface area contributed by atoms with Gasteiger partial charge in [-0.05, 0) is 49.7 Å². The van der Waals surface area contributed by atoms with Crippen LogP contribution >= 0.6 is 0 Å². The minimum atomic E-state index is -4.87. The van der Waals surface area contributed by atoms with Crippen LogP contribution in [-0.4, -0.2) is 48.5 Å². The topological polar surface area (TPSA) is 98.7 Å². The van der Waals surface area contributed by atoms with Gasteiger partial charge in [-0.25, -0.2) is 9.48 Å². The van der Waals surface area contributed by atoms with Crippen LogP contribution in [0.2, 0.25) is 0 Å². The maximum atomic E-state index is 12.9. The van der Waals surface area contributed by atoms with Gasteiger partial charge in [-0.3, -0.25) is 5.32 Å². The van der Waals surface area contributed by atoms with E-state index < -0.39 is 18.1 Å². The van der Waals surface area contributed by atoms with Gasteiger partial charge in [0.2, 0.25) is 5.88 Å². The Hall–Kier alpha value is -3.77. The van der Waals surface area contributed by atoms with Crippen molar-refractivity contribution >= 4 is 11.8 Å². The summed E-state index contributed by atoms with van der Waals surface area (Å²) in [6.45, 7) is 3.31. The first-order valence-corrected chi connectivity index (χ1v) is 11.7. The Morgan fingerprint density at radius 1 is 1.22 bits per heavy atom. The summed E-state index contributed by atoms with van der Waals surface area (Å²) < 4.78 is 55.5. The van der Waals surface area contributed by atoms with Crippen LogP contribution in [0.25, 0.3) is 5.69 Å². The first-order valence-electron chi connectivity index (χ1n) is 11.7. The molecule has 2 aromatic carbocycles. The predicted molar refractivity (Wildman–Crippen MR) is 130 cm³/mol. The average Bonchev–Trinajstić information content (AvgIpc) is 3.48. The summed E-state index contributed by atoms with van der Waals surface area (Å²) >= 11 is 0. The molecule has 0 unspecified atom stereocenters. The highest BCUT2D eigenvalue weighted by molar-refractivity contribution is 5.89. The lowest BCUT2D eigenvalue weighted by molar-refractivity contribution is -0.274. The number of aromatic nitrogens is 2. The number of hydrogen-bond acceptors (Lipinski definition) is 6. The Kier molecular flexibility index (Phi) is 8.19. The largest absolute Gasteiger partial charge is 0.573 e. The molecule has 2 heterocycles. The molecule has 1 saturated heterocycles. The first-order chi connectivity index (χ1) is 17.7. The summed E-state index contributed by atoms with van der Waals surface area (Å²) in [6.07, 6.45) is -4.07. The highest BCUT2D eigenvalue weighted by Gasteiger charge is 2.32. The first kappa shape index (κ1) is 26.3. The van der Waals surface area contributed by atoms with Crippen LogP contribution in [0, 0.1) is 6.92 Å². The number of carbonyl (C=O) groups is 1. The molecular weight excluding hydrogens is 491 g/mol. The van der Waals surface area contributed by atoms with Gasteiger partial charge in [0, 0.05) is 25.8 Å².